The number of anilines is 1. The Morgan fingerprint density at radius 2 is 2.06 bits per heavy atom. The molecule has 0 bridgehead atoms. The lowest BCUT2D eigenvalue weighted by molar-refractivity contribution is 0.0246. The van der Waals surface area contributed by atoms with Gasteiger partial charge in [0.2, 0.25) is 5.95 Å². The van der Waals surface area contributed by atoms with Crippen molar-refractivity contribution in [3.05, 3.63) is 24.3 Å². The zero-order chi connectivity index (χ0) is 12.2. The van der Waals surface area contributed by atoms with Crippen LogP contribution in [-0.2, 0) is 4.74 Å². The zero-order valence-electron chi connectivity index (χ0n) is 10.2. The predicted molar refractivity (Wildman–Crippen MR) is 69.4 cm³/mol. The molecule has 1 fully saturated rings. The summed E-state index contributed by atoms with van der Waals surface area (Å²) in [5.74, 6) is 0.572. The summed E-state index contributed by atoms with van der Waals surface area (Å²) in [5, 5.41) is 11.4. The van der Waals surface area contributed by atoms with Gasteiger partial charge in [-0.3, -0.25) is 0 Å². The Morgan fingerprint density at radius 1 is 1.17 bits per heavy atom. The van der Waals surface area contributed by atoms with E-state index in [2.05, 4.69) is 20.5 Å². The van der Waals surface area contributed by atoms with Crippen LogP contribution in [0.25, 0.3) is 11.0 Å². The second-order valence-electron chi connectivity index (χ2n) is 4.49. The van der Waals surface area contributed by atoms with E-state index in [0.29, 0.717) is 5.95 Å². The Bertz CT molecular complexity index is 525. The van der Waals surface area contributed by atoms with Crippen molar-refractivity contribution in [1.82, 2.24) is 15.2 Å². The van der Waals surface area contributed by atoms with Crippen molar-refractivity contribution < 1.29 is 4.74 Å². The SMILES string of the molecule is c1ccc2nc(NCC3CCCCO3)nnc2c1. The Morgan fingerprint density at radius 3 is 2.89 bits per heavy atom. The number of nitrogens with zero attached hydrogens (tertiary/aromatic N) is 3. The van der Waals surface area contributed by atoms with E-state index >= 15 is 0 Å². The van der Waals surface area contributed by atoms with Crippen molar-refractivity contribution in [2.75, 3.05) is 18.5 Å². The van der Waals surface area contributed by atoms with Crippen LogP contribution in [0.1, 0.15) is 19.3 Å². The standard InChI is InChI=1S/C13H16N4O/c1-2-7-12-11(6-1)15-13(17-16-12)14-9-10-5-3-4-8-18-10/h1-2,6-7,10H,3-5,8-9H2,(H,14,15,17). The summed E-state index contributed by atoms with van der Waals surface area (Å²) >= 11 is 0. The van der Waals surface area contributed by atoms with Crippen LogP contribution in [0.2, 0.25) is 0 Å². The Hall–Kier alpha value is -1.75. The molecular weight excluding hydrogens is 228 g/mol. The van der Waals surface area contributed by atoms with Crippen molar-refractivity contribution in [1.29, 1.82) is 0 Å². The predicted octanol–water partition coefficient (Wildman–Crippen LogP) is 2.01. The van der Waals surface area contributed by atoms with E-state index in [0.717, 1.165) is 30.6 Å². The number of ether oxygens (including phenoxy) is 1. The summed E-state index contributed by atoms with van der Waals surface area (Å²) in [6.45, 7) is 1.61. The number of hydrogen-bond acceptors (Lipinski definition) is 5. The summed E-state index contributed by atoms with van der Waals surface area (Å²) in [6, 6.07) is 7.72. The van der Waals surface area contributed by atoms with Crippen LogP contribution in [0.4, 0.5) is 5.95 Å². The molecule has 5 nitrogen and oxygen atoms in total. The molecular formula is C13H16N4O. The summed E-state index contributed by atoms with van der Waals surface area (Å²) in [5.41, 5.74) is 1.68. The highest BCUT2D eigenvalue weighted by molar-refractivity contribution is 5.73. The van der Waals surface area contributed by atoms with Gasteiger partial charge >= 0.3 is 0 Å². The van der Waals surface area contributed by atoms with Gasteiger partial charge in [0, 0.05) is 13.2 Å². The van der Waals surface area contributed by atoms with Gasteiger partial charge in [-0.05, 0) is 31.4 Å². The average molecular weight is 244 g/mol. The van der Waals surface area contributed by atoms with Crippen molar-refractivity contribution >= 4 is 17.0 Å². The van der Waals surface area contributed by atoms with Crippen LogP contribution in [-0.4, -0.2) is 34.4 Å². The molecule has 1 aliphatic heterocycles. The van der Waals surface area contributed by atoms with Gasteiger partial charge < -0.3 is 10.1 Å². The number of aromatic nitrogens is 3. The molecule has 2 aromatic rings. The molecule has 0 amide bonds. The third kappa shape index (κ3) is 2.56. The molecule has 3 rings (SSSR count). The minimum atomic E-state index is 0.272. The zero-order valence-corrected chi connectivity index (χ0v) is 10.2. The van der Waals surface area contributed by atoms with Gasteiger partial charge in [0.05, 0.1) is 11.6 Å². The van der Waals surface area contributed by atoms with E-state index in [1.165, 1.54) is 12.8 Å². The summed E-state index contributed by atoms with van der Waals surface area (Å²) in [7, 11) is 0. The third-order valence-corrected chi connectivity index (χ3v) is 3.12. The Labute approximate surface area is 106 Å². The second-order valence-corrected chi connectivity index (χ2v) is 4.49. The quantitative estimate of drug-likeness (QED) is 0.895. The number of nitrogens with one attached hydrogen (secondary N) is 1. The van der Waals surface area contributed by atoms with Gasteiger partial charge in [-0.25, -0.2) is 4.98 Å². The van der Waals surface area contributed by atoms with E-state index in [1.807, 2.05) is 24.3 Å². The molecule has 94 valence electrons. The van der Waals surface area contributed by atoms with Crippen LogP contribution >= 0.6 is 0 Å². The van der Waals surface area contributed by atoms with Gasteiger partial charge in [-0.15, -0.1) is 10.2 Å². The molecule has 1 atom stereocenters. The maximum Gasteiger partial charge on any atom is 0.243 e. The van der Waals surface area contributed by atoms with Crippen LogP contribution < -0.4 is 5.32 Å². The number of rotatable bonds is 3. The molecule has 5 heteroatoms. The maximum atomic E-state index is 5.65. The highest BCUT2D eigenvalue weighted by Gasteiger charge is 2.13. The molecule has 0 aliphatic carbocycles. The van der Waals surface area contributed by atoms with Crippen LogP contribution in [0.5, 0.6) is 0 Å². The first-order valence-electron chi connectivity index (χ1n) is 6.37. The first kappa shape index (κ1) is 11.3. The summed E-state index contributed by atoms with van der Waals surface area (Å²) < 4.78 is 5.65. The molecule has 1 N–H and O–H groups in total. The fraction of sp³-hybridized carbons (Fsp3) is 0.462. The van der Waals surface area contributed by atoms with Crippen LogP contribution in [0.3, 0.4) is 0 Å². The van der Waals surface area contributed by atoms with E-state index in [1.54, 1.807) is 0 Å². The van der Waals surface area contributed by atoms with E-state index < -0.39 is 0 Å². The van der Waals surface area contributed by atoms with E-state index in [-0.39, 0.29) is 6.10 Å². The first-order valence-corrected chi connectivity index (χ1v) is 6.37. The smallest absolute Gasteiger partial charge is 0.243 e. The third-order valence-electron chi connectivity index (χ3n) is 3.12. The molecule has 1 aromatic heterocycles. The monoisotopic (exact) mass is 244 g/mol. The first-order chi connectivity index (χ1) is 8.92. The topological polar surface area (TPSA) is 59.9 Å². The molecule has 1 saturated heterocycles. The number of fused-ring (bicyclic) bond motifs is 1. The van der Waals surface area contributed by atoms with Gasteiger partial charge in [0.1, 0.15) is 5.52 Å². The number of para-hydroxylation sites is 1. The minimum absolute atomic E-state index is 0.272. The maximum absolute atomic E-state index is 5.65. The molecule has 0 saturated carbocycles. The fourth-order valence-electron chi connectivity index (χ4n) is 2.13. The van der Waals surface area contributed by atoms with Crippen molar-refractivity contribution in [2.24, 2.45) is 0 Å². The van der Waals surface area contributed by atoms with Gasteiger partial charge in [0.15, 0.2) is 0 Å². The van der Waals surface area contributed by atoms with Crippen LogP contribution in [0.15, 0.2) is 24.3 Å². The summed E-state index contributed by atoms with van der Waals surface area (Å²) in [6.07, 6.45) is 3.79. The van der Waals surface area contributed by atoms with Crippen molar-refractivity contribution in [3.8, 4) is 0 Å². The normalized spacial score (nSPS) is 19.9. The lowest BCUT2D eigenvalue weighted by Crippen LogP contribution is -2.27. The molecule has 0 radical (unpaired) electrons. The van der Waals surface area contributed by atoms with Crippen molar-refractivity contribution in [2.45, 2.75) is 25.4 Å². The minimum Gasteiger partial charge on any atom is -0.376 e. The number of benzene rings is 1. The van der Waals surface area contributed by atoms with Gasteiger partial charge in [-0.2, -0.15) is 0 Å². The second kappa shape index (κ2) is 5.27. The van der Waals surface area contributed by atoms with Crippen molar-refractivity contribution in [3.63, 3.8) is 0 Å². The molecule has 1 aromatic carbocycles. The van der Waals surface area contributed by atoms with Crippen LogP contribution in [0, 0.1) is 0 Å². The lowest BCUT2D eigenvalue weighted by atomic mass is 10.1. The van der Waals surface area contributed by atoms with E-state index in [9.17, 15) is 0 Å². The summed E-state index contributed by atoms with van der Waals surface area (Å²) in [4.78, 5) is 4.42. The molecule has 0 spiro atoms. The largest absolute Gasteiger partial charge is 0.376 e. The lowest BCUT2D eigenvalue weighted by Gasteiger charge is -2.22. The molecule has 1 unspecified atom stereocenters. The molecule has 18 heavy (non-hydrogen) atoms. The van der Waals surface area contributed by atoms with Gasteiger partial charge in [-0.1, -0.05) is 12.1 Å². The number of hydrogen-bond donors (Lipinski definition) is 1. The Balaban J connectivity index is 1.66. The van der Waals surface area contributed by atoms with E-state index in [4.69, 9.17) is 4.74 Å². The molecule has 1 aliphatic rings. The fourth-order valence-corrected chi connectivity index (χ4v) is 2.13. The average Bonchev–Trinajstić information content (AvgIpc) is 2.46. The van der Waals surface area contributed by atoms with Gasteiger partial charge in [0.25, 0.3) is 0 Å². The molecule has 2 heterocycles. The highest BCUT2D eigenvalue weighted by atomic mass is 16.5. The Kier molecular flexibility index (Phi) is 3.32. The highest BCUT2D eigenvalue weighted by Crippen LogP contribution is 2.13.